The van der Waals surface area contributed by atoms with E-state index in [-0.39, 0.29) is 40.8 Å². The smallest absolute Gasteiger partial charge is 0.274 e. The van der Waals surface area contributed by atoms with E-state index in [2.05, 4.69) is 255 Å². The molecule has 35 heteroatoms. The van der Waals surface area contributed by atoms with Gasteiger partial charge in [-0.05, 0) is 192 Å². The lowest BCUT2D eigenvalue weighted by Crippen LogP contribution is -2.40. The molecule has 0 aliphatic rings. The Hall–Kier alpha value is -8.54. The molecule has 134 heavy (non-hydrogen) atoms. The molecule has 1 unspecified atom stereocenters. The van der Waals surface area contributed by atoms with Gasteiger partial charge in [0.2, 0.25) is 15.9 Å². The van der Waals surface area contributed by atoms with Crippen LogP contribution in [-0.2, 0) is 57.1 Å². The van der Waals surface area contributed by atoms with E-state index in [0.717, 1.165) is 148 Å². The minimum Gasteiger partial charge on any atom is -0.394 e. The van der Waals surface area contributed by atoms with Crippen molar-refractivity contribution in [2.45, 2.75) is 375 Å². The summed E-state index contributed by atoms with van der Waals surface area (Å²) in [4.78, 5) is 89.5. The van der Waals surface area contributed by atoms with Gasteiger partial charge in [-0.2, -0.15) is 0 Å². The van der Waals surface area contributed by atoms with E-state index in [1.54, 1.807) is 71.2 Å². The van der Waals surface area contributed by atoms with Crippen molar-refractivity contribution in [2.24, 2.45) is 48.7 Å². The van der Waals surface area contributed by atoms with E-state index in [9.17, 15) is 52.1 Å². The highest BCUT2D eigenvalue weighted by Crippen LogP contribution is 2.28. The molecule has 3 heterocycles. The molecule has 774 valence electrons. The molecule has 1 amide bonds. The number of aromatic nitrogens is 9. The average molecular weight is 1910 g/mol. The van der Waals surface area contributed by atoms with E-state index in [0.29, 0.717) is 108 Å². The molecule has 0 saturated carbocycles. The lowest BCUT2D eigenvalue weighted by molar-refractivity contribution is -0.404. The minimum atomic E-state index is -2.99. The van der Waals surface area contributed by atoms with Crippen molar-refractivity contribution in [1.82, 2.24) is 65.2 Å². The number of sulfonamides is 1. The first kappa shape index (κ1) is 130. The number of aliphatic hydroxyl groups is 1. The fourth-order valence-electron chi connectivity index (χ4n) is 12.1. The number of nitro groups is 1. The number of aliphatic hydroxyl groups excluding tert-OH is 1. The predicted octanol–water partition coefficient (Wildman–Crippen LogP) is 16.7. The molecule has 6 aromatic rings. The maximum atomic E-state index is 11.4. The van der Waals surface area contributed by atoms with Crippen LogP contribution in [0.25, 0.3) is 0 Å². The third kappa shape index (κ3) is 68.5. The van der Waals surface area contributed by atoms with Gasteiger partial charge in [-0.3, -0.25) is 57.7 Å². The van der Waals surface area contributed by atoms with Gasteiger partial charge in [-0.1, -0.05) is 203 Å². The molecule has 34 nitrogen and oxygen atoms in total. The number of nitrogens with one attached hydrogen (secondary N) is 7. The van der Waals surface area contributed by atoms with Gasteiger partial charge in [-0.25, -0.2) is 12.7 Å². The lowest BCUT2D eigenvalue weighted by atomic mass is 9.90. The van der Waals surface area contributed by atoms with Crippen LogP contribution in [0.4, 0.5) is 34.1 Å². The predicted molar refractivity (Wildman–Crippen MR) is 556 cm³/mol. The Balaban J connectivity index is -0.00000144. The van der Waals surface area contributed by atoms with Crippen molar-refractivity contribution in [3.63, 3.8) is 0 Å². The highest BCUT2D eigenvalue weighted by Gasteiger charge is 2.25. The Morgan fingerprint density at radius 2 is 0.851 bits per heavy atom. The van der Waals surface area contributed by atoms with Crippen molar-refractivity contribution in [3.8, 4) is 0 Å². The first-order chi connectivity index (χ1) is 61.0. The normalized spacial score (nSPS) is 12.5. The first-order valence-corrected chi connectivity index (χ1v) is 49.5. The number of hydrogen-bond donors (Lipinski definition) is 9. The average Bonchev–Trinajstić information content (AvgIpc) is 1.44. The van der Waals surface area contributed by atoms with E-state index >= 15 is 0 Å². The molecular weight excluding hydrogens is 1730 g/mol. The van der Waals surface area contributed by atoms with Gasteiger partial charge in [0, 0.05) is 107 Å². The van der Waals surface area contributed by atoms with Crippen LogP contribution in [0.2, 0.25) is 0 Å². The zero-order valence-electron chi connectivity index (χ0n) is 90.6. The Kier molecular flexibility index (Phi) is 59.6. The minimum absolute atomic E-state index is 0.0265. The highest BCUT2D eigenvalue weighted by molar-refractivity contribution is 7.88. The Morgan fingerprint density at radius 3 is 1.19 bits per heavy atom. The number of aryl methyl sites for hydroxylation is 3. The molecule has 3 aromatic carbocycles. The number of carbonyl (C=O) groups is 1. The number of nitrogens with two attached hydrogens (primary N) is 1. The largest absolute Gasteiger partial charge is 0.394 e. The molecule has 0 aliphatic carbocycles. The second kappa shape index (κ2) is 61.6. The summed E-state index contributed by atoms with van der Waals surface area (Å²) in [5.74, 6) is 0.426. The summed E-state index contributed by atoms with van der Waals surface area (Å²) in [6.45, 7) is 74.9. The number of amides is 1. The monoisotopic (exact) mass is 1910 g/mol. The third-order valence-corrected chi connectivity index (χ3v) is 21.4. The van der Waals surface area contributed by atoms with Crippen LogP contribution in [0.3, 0.4) is 0 Å². The van der Waals surface area contributed by atoms with Crippen molar-refractivity contribution in [2.75, 3.05) is 120 Å². The maximum absolute atomic E-state index is 11.4. The first-order valence-electron chi connectivity index (χ1n) is 47.7. The number of nitrogen functional groups attached to an aromatic ring is 1. The molecule has 10 N–H and O–H groups in total. The molecule has 0 saturated heterocycles. The molecule has 6 rings (SSSR count). The van der Waals surface area contributed by atoms with Crippen LogP contribution in [0.1, 0.15) is 342 Å². The van der Waals surface area contributed by atoms with Crippen molar-refractivity contribution in [1.29, 1.82) is 0 Å². The second-order valence-electron chi connectivity index (χ2n) is 46.6. The summed E-state index contributed by atoms with van der Waals surface area (Å²) in [6, 6.07) is 0. The zero-order valence-corrected chi connectivity index (χ0v) is 91.4. The molecule has 0 aliphatic heterocycles. The fourth-order valence-corrected chi connectivity index (χ4v) is 12.5. The number of rotatable bonds is 41. The van der Waals surface area contributed by atoms with Crippen molar-refractivity contribution in [3.05, 3.63) is 120 Å². The van der Waals surface area contributed by atoms with Crippen LogP contribution in [-0.4, -0.2) is 173 Å². The van der Waals surface area contributed by atoms with E-state index < -0.39 is 36.7 Å². The van der Waals surface area contributed by atoms with Crippen LogP contribution < -0.4 is 80.4 Å². The van der Waals surface area contributed by atoms with Gasteiger partial charge >= 0.3 is 0 Å². The molecule has 3 aromatic heterocycles. The number of anilines is 6. The van der Waals surface area contributed by atoms with Gasteiger partial charge in [0.25, 0.3) is 38.8 Å². The van der Waals surface area contributed by atoms with Crippen LogP contribution in [0, 0.1) is 58.8 Å². The summed E-state index contributed by atoms with van der Waals surface area (Å²) in [7, 11) is 7.03. The molecule has 0 spiro atoms. The van der Waals surface area contributed by atoms with Gasteiger partial charge < -0.3 is 62.4 Å². The van der Waals surface area contributed by atoms with Crippen LogP contribution in [0.5, 0.6) is 0 Å². The van der Waals surface area contributed by atoms with E-state index in [4.69, 9.17) is 20.3 Å². The number of nitrogens with zero attached hydrogens (tertiary/aromatic N) is 12. The van der Waals surface area contributed by atoms with E-state index in [1.807, 2.05) is 42.5 Å². The second-order valence-corrected chi connectivity index (χ2v) is 48.7. The topological polar surface area (TPSA) is 444 Å². The number of carbonyl (C=O) groups excluding carboxylic acids is 1. The molecule has 0 bridgehead atoms. The molecule has 0 radical (unpaired) electrons. The summed E-state index contributed by atoms with van der Waals surface area (Å²) < 4.78 is 39.6. The Bertz CT molecular complexity index is 4570. The van der Waals surface area contributed by atoms with Crippen LogP contribution in [0.15, 0.2) is 65.6 Å². The molecule has 1 atom stereocenters. The summed E-state index contributed by atoms with van der Waals surface area (Å²) >= 11 is 0. The van der Waals surface area contributed by atoms with Gasteiger partial charge in [0.15, 0.2) is 5.82 Å². The SMILES string of the molecule is CC(C)(C)CCCNc1c(N)c(=O)c1=O.CC(C)(C)CCCn1cc(CO)nn1.CC(C)(C)CCCn1cc(COC(C)(C)C)nn1.CC(C)(C)CCCn1ccnn1.CN(C)c1c(NCCCC(C)(C)C)c(=O)c1=O.CN(CCCC(C)(C)C)S(C)(=O)=O.CN/C(=C\[N+](=O)[O-])NCCCC(C)(C)C.CNc1c(NCCCC(C)(C)C)c(=O)c1=O.COC(C)C(=O)NCCCC(C)(C)C. The lowest BCUT2D eigenvalue weighted by Gasteiger charge is -2.21. The summed E-state index contributed by atoms with van der Waals surface area (Å²) in [5.41, 5.74) is 9.43. The third-order valence-electron chi connectivity index (χ3n) is 20.1. The fraction of sp³-hybridized carbons (Fsp3) is 0.788. The van der Waals surface area contributed by atoms with Gasteiger partial charge in [0.05, 0.1) is 48.6 Å². The Labute approximate surface area is 806 Å². The van der Waals surface area contributed by atoms with Crippen LogP contribution >= 0.6 is 0 Å². The highest BCUT2D eigenvalue weighted by atomic mass is 32.2. The maximum Gasteiger partial charge on any atom is 0.274 e. The van der Waals surface area contributed by atoms with Crippen molar-refractivity contribution < 1.29 is 32.7 Å². The quantitative estimate of drug-likeness (QED) is 0.00745. The van der Waals surface area contributed by atoms with E-state index in [1.165, 1.54) is 36.2 Å². The standard InChI is InChI=1S/C14H27N3O.C13H22N2O2.C12H20N2O2.C11H18N2O2.C11H23NO2.C10H21N3O2.C10H19N3O.C9H17N3.C9H21NO2S/c1-13(2,3)8-7-9-17-10-12(15-16-17)11-18-14(4,5)6;1-13(2,3)7-6-8-14-9-10(15(4)5)12(17)11(9)16;1-12(2,3)6-5-7-14-9-8(13-4)10(15)11(9)16;1-11(2,3)5-4-6-13-8-7(12)9(14)10(8)15;1-9(14-5)10(13)12-8-6-7-11(2,3)4;1-10(2,3)6-5-7-12-9(11-4)8-13(14)15;1-10(2,3)5-4-6-13-7-9(8-14)11-12-13;1-9(2,3)5-4-7-12-8-6-10-11-12;1-9(2,3)7-6-8-10(4)13(5,11)12/h10H,7-9,11H2,1-6H3;14H,6-8H2,1-5H3;13-14H,5-7H2,1-4H3;13H,4-6,12H2,1-3H3;9H,6-8H2,1-5H3,(H,12,13);8,11-12H,5-7H2,1-4H3;7,14H,4-6,8H2,1-3H3;6,8H,4-5,7H2,1-3H3;6-8H2,1-5H3/b;;;;;9-8+;;;. The van der Waals surface area contributed by atoms with Crippen molar-refractivity contribution >= 4 is 50.1 Å². The summed E-state index contributed by atoms with van der Waals surface area (Å²) in [5, 5.41) is 62.9. The number of methoxy groups -OCH3 is 1. The van der Waals surface area contributed by atoms with Gasteiger partial charge in [0.1, 0.15) is 51.6 Å². The number of hydrogen-bond acceptors (Lipinski definition) is 28. The molecular formula is C99H188N20O14S. The Morgan fingerprint density at radius 1 is 0.500 bits per heavy atom. The molecule has 0 fully saturated rings. The van der Waals surface area contributed by atoms with Gasteiger partial charge in [-0.15, -0.1) is 15.3 Å². The summed E-state index contributed by atoms with van der Waals surface area (Å²) in [6.07, 6.45) is 28.6. The zero-order chi connectivity index (χ0) is 104. The number of ether oxygens (including phenoxy) is 2.